The second kappa shape index (κ2) is 6.95. The first-order chi connectivity index (χ1) is 9.81. The highest BCUT2D eigenvalue weighted by Gasteiger charge is 2.18. The maximum Gasteiger partial charge on any atom is 0.133 e. The van der Waals surface area contributed by atoms with E-state index in [-0.39, 0.29) is 0 Å². The number of ether oxygens (including phenoxy) is 1. The van der Waals surface area contributed by atoms with Crippen molar-refractivity contribution in [3.8, 4) is 5.75 Å². The van der Waals surface area contributed by atoms with Gasteiger partial charge in [0.1, 0.15) is 5.75 Å². The van der Waals surface area contributed by atoms with Gasteiger partial charge in [-0.1, -0.05) is 18.9 Å². The molecule has 0 spiro atoms. The van der Waals surface area contributed by atoms with Gasteiger partial charge in [-0.25, -0.2) is 0 Å². The summed E-state index contributed by atoms with van der Waals surface area (Å²) in [5.74, 6) is 1.78. The third-order valence-corrected chi connectivity index (χ3v) is 5.21. The molecule has 0 bridgehead atoms. The molecule has 1 aromatic rings. The highest BCUT2D eigenvalue weighted by atomic mass is 79.9. The second-order valence-electron chi connectivity index (χ2n) is 6.22. The van der Waals surface area contributed by atoms with Gasteiger partial charge in [0.15, 0.2) is 0 Å². The molecule has 1 saturated heterocycles. The van der Waals surface area contributed by atoms with Crippen LogP contribution in [0.15, 0.2) is 22.7 Å². The molecule has 1 atom stereocenters. The summed E-state index contributed by atoms with van der Waals surface area (Å²) in [6.07, 6.45) is 9.17. The van der Waals surface area contributed by atoms with Gasteiger partial charge in [0.2, 0.25) is 0 Å². The molecular weight excluding hydrogens is 314 g/mol. The van der Waals surface area contributed by atoms with Crippen molar-refractivity contribution in [2.75, 3.05) is 13.2 Å². The van der Waals surface area contributed by atoms with Gasteiger partial charge in [0.25, 0.3) is 0 Å². The third kappa shape index (κ3) is 3.76. The van der Waals surface area contributed by atoms with E-state index in [0.29, 0.717) is 6.04 Å². The first kappa shape index (κ1) is 14.4. The van der Waals surface area contributed by atoms with Crippen LogP contribution in [0, 0.1) is 5.92 Å². The summed E-state index contributed by atoms with van der Waals surface area (Å²) in [6.45, 7) is 2.05. The van der Waals surface area contributed by atoms with Crippen molar-refractivity contribution >= 4 is 15.9 Å². The summed E-state index contributed by atoms with van der Waals surface area (Å²) in [5, 5.41) is 3.61. The summed E-state index contributed by atoms with van der Waals surface area (Å²) in [5.41, 5.74) is 1.40. The Morgan fingerprint density at radius 2 is 2.05 bits per heavy atom. The van der Waals surface area contributed by atoms with E-state index in [9.17, 15) is 0 Å². The summed E-state index contributed by atoms with van der Waals surface area (Å²) >= 11 is 3.66. The van der Waals surface area contributed by atoms with Gasteiger partial charge in [-0.3, -0.25) is 0 Å². The van der Waals surface area contributed by atoms with Gasteiger partial charge in [-0.15, -0.1) is 0 Å². The summed E-state index contributed by atoms with van der Waals surface area (Å²) in [6, 6.07) is 7.22. The normalized spacial score (nSPS) is 23.4. The second-order valence-corrected chi connectivity index (χ2v) is 7.08. The molecule has 2 aliphatic rings. The average Bonchev–Trinajstić information content (AvgIpc) is 2.40. The maximum atomic E-state index is 5.92. The van der Waals surface area contributed by atoms with E-state index >= 15 is 0 Å². The Bertz CT molecular complexity index is 439. The predicted octanol–water partition coefficient (Wildman–Crippen LogP) is 4.31. The Morgan fingerprint density at radius 3 is 2.70 bits per heavy atom. The fourth-order valence-electron chi connectivity index (χ4n) is 3.04. The molecule has 2 nitrogen and oxygen atoms in total. The lowest BCUT2D eigenvalue weighted by Crippen LogP contribution is -2.35. The molecular formula is C17H24BrNO. The predicted molar refractivity (Wildman–Crippen MR) is 86.3 cm³/mol. The SMILES string of the molecule is Brc1cc(CC2CCCCN2)ccc1OCC1CCC1. The van der Waals surface area contributed by atoms with Crippen molar-refractivity contribution in [1.29, 1.82) is 0 Å². The van der Waals surface area contributed by atoms with E-state index in [1.165, 1.54) is 50.6 Å². The first-order valence-corrected chi connectivity index (χ1v) is 8.75. The maximum absolute atomic E-state index is 5.92. The largest absolute Gasteiger partial charge is 0.492 e. The monoisotopic (exact) mass is 337 g/mol. The Balaban J connectivity index is 1.55. The Kier molecular flexibility index (Phi) is 5.00. The van der Waals surface area contributed by atoms with Crippen molar-refractivity contribution in [3.63, 3.8) is 0 Å². The number of piperidine rings is 1. The molecule has 1 saturated carbocycles. The van der Waals surface area contributed by atoms with Crippen LogP contribution in [0.4, 0.5) is 0 Å². The summed E-state index contributed by atoms with van der Waals surface area (Å²) in [4.78, 5) is 0. The van der Waals surface area contributed by atoms with E-state index in [1.54, 1.807) is 0 Å². The third-order valence-electron chi connectivity index (χ3n) is 4.59. The van der Waals surface area contributed by atoms with Gasteiger partial charge >= 0.3 is 0 Å². The highest BCUT2D eigenvalue weighted by molar-refractivity contribution is 9.10. The zero-order chi connectivity index (χ0) is 13.8. The van der Waals surface area contributed by atoms with Crippen molar-refractivity contribution in [2.45, 2.75) is 51.0 Å². The van der Waals surface area contributed by atoms with E-state index in [1.807, 2.05) is 0 Å². The number of hydrogen-bond acceptors (Lipinski definition) is 2. The molecule has 0 aromatic heterocycles. The summed E-state index contributed by atoms with van der Waals surface area (Å²) in [7, 11) is 0. The Morgan fingerprint density at radius 1 is 1.15 bits per heavy atom. The molecule has 20 heavy (non-hydrogen) atoms. The molecule has 3 rings (SSSR count). The fourth-order valence-corrected chi connectivity index (χ4v) is 3.58. The van der Waals surface area contributed by atoms with Crippen molar-refractivity contribution in [2.24, 2.45) is 5.92 Å². The van der Waals surface area contributed by atoms with Crippen LogP contribution in [0.5, 0.6) is 5.75 Å². The number of rotatable bonds is 5. The van der Waals surface area contributed by atoms with Gasteiger partial charge in [-0.2, -0.15) is 0 Å². The van der Waals surface area contributed by atoms with Crippen LogP contribution in [0.3, 0.4) is 0 Å². The van der Waals surface area contributed by atoms with Crippen LogP contribution in [-0.4, -0.2) is 19.2 Å². The fraction of sp³-hybridized carbons (Fsp3) is 0.647. The van der Waals surface area contributed by atoms with Gasteiger partial charge in [0, 0.05) is 6.04 Å². The zero-order valence-electron chi connectivity index (χ0n) is 12.0. The number of nitrogens with one attached hydrogen (secondary N) is 1. The van der Waals surface area contributed by atoms with Crippen LogP contribution in [0.1, 0.15) is 44.1 Å². The van der Waals surface area contributed by atoms with Gasteiger partial charge in [-0.05, 0) is 78.2 Å². The van der Waals surface area contributed by atoms with Gasteiger partial charge < -0.3 is 10.1 Å². The molecule has 0 radical (unpaired) electrons. The van der Waals surface area contributed by atoms with E-state index in [0.717, 1.165) is 29.2 Å². The van der Waals surface area contributed by atoms with Crippen molar-refractivity contribution in [3.05, 3.63) is 28.2 Å². The molecule has 2 fully saturated rings. The molecule has 1 heterocycles. The van der Waals surface area contributed by atoms with Crippen molar-refractivity contribution in [1.82, 2.24) is 5.32 Å². The minimum absolute atomic E-state index is 0.650. The van der Waals surface area contributed by atoms with Crippen molar-refractivity contribution < 1.29 is 4.74 Å². The molecule has 1 aliphatic carbocycles. The smallest absolute Gasteiger partial charge is 0.133 e. The first-order valence-electron chi connectivity index (χ1n) is 7.96. The van der Waals surface area contributed by atoms with E-state index in [4.69, 9.17) is 4.74 Å². The number of hydrogen-bond donors (Lipinski definition) is 1. The molecule has 0 amide bonds. The van der Waals surface area contributed by atoms with Crippen LogP contribution in [0.2, 0.25) is 0 Å². The minimum atomic E-state index is 0.650. The number of benzene rings is 1. The zero-order valence-corrected chi connectivity index (χ0v) is 13.6. The lowest BCUT2D eigenvalue weighted by Gasteiger charge is -2.26. The molecule has 1 aliphatic heterocycles. The highest BCUT2D eigenvalue weighted by Crippen LogP contribution is 2.31. The van der Waals surface area contributed by atoms with Crippen LogP contribution >= 0.6 is 15.9 Å². The topological polar surface area (TPSA) is 21.3 Å². The van der Waals surface area contributed by atoms with Gasteiger partial charge in [0.05, 0.1) is 11.1 Å². The van der Waals surface area contributed by atoms with Crippen LogP contribution < -0.4 is 10.1 Å². The molecule has 1 aromatic carbocycles. The van der Waals surface area contributed by atoms with E-state index < -0.39 is 0 Å². The number of halogens is 1. The molecule has 1 N–H and O–H groups in total. The standard InChI is InChI=1S/C17H24BrNO/c18-16-11-14(10-15-6-1-2-9-19-15)7-8-17(16)20-12-13-4-3-5-13/h7-8,11,13,15,19H,1-6,9-10,12H2. The lowest BCUT2D eigenvalue weighted by molar-refractivity contribution is 0.180. The molecule has 3 heteroatoms. The molecule has 110 valence electrons. The van der Waals surface area contributed by atoms with Crippen LogP contribution in [0.25, 0.3) is 0 Å². The molecule has 1 unspecified atom stereocenters. The quantitative estimate of drug-likeness (QED) is 0.864. The van der Waals surface area contributed by atoms with Crippen LogP contribution in [-0.2, 0) is 6.42 Å². The minimum Gasteiger partial charge on any atom is -0.492 e. The summed E-state index contributed by atoms with van der Waals surface area (Å²) < 4.78 is 7.03. The van der Waals surface area contributed by atoms with E-state index in [2.05, 4.69) is 39.4 Å². The average molecular weight is 338 g/mol. The lowest BCUT2D eigenvalue weighted by atomic mass is 9.86. The Labute approximate surface area is 130 Å². The Hall–Kier alpha value is -0.540.